The summed E-state index contributed by atoms with van der Waals surface area (Å²) in [4.78, 5) is 30.1. The van der Waals surface area contributed by atoms with Crippen LogP contribution in [-0.4, -0.2) is 40.7 Å². The van der Waals surface area contributed by atoms with Crippen molar-refractivity contribution in [1.29, 1.82) is 0 Å². The molecule has 0 N–H and O–H groups in total. The predicted octanol–water partition coefficient (Wildman–Crippen LogP) is 4.01. The number of rotatable bonds is 5. The van der Waals surface area contributed by atoms with Gasteiger partial charge in [-0.3, -0.25) is 9.59 Å². The van der Waals surface area contributed by atoms with Crippen LogP contribution in [0.15, 0.2) is 35.7 Å². The lowest BCUT2D eigenvalue weighted by Gasteiger charge is -2.38. The van der Waals surface area contributed by atoms with Crippen LogP contribution in [0.4, 0.5) is 4.39 Å². The van der Waals surface area contributed by atoms with Crippen LogP contribution in [0.1, 0.15) is 49.2 Å². The highest BCUT2D eigenvalue weighted by atomic mass is 32.1. The van der Waals surface area contributed by atoms with Gasteiger partial charge in [-0.2, -0.15) is 0 Å². The summed E-state index contributed by atoms with van der Waals surface area (Å²) >= 11 is 1.69. The maximum Gasteiger partial charge on any atom is 0.243 e. The fourth-order valence-corrected chi connectivity index (χ4v) is 4.49. The molecule has 1 aromatic heterocycles. The van der Waals surface area contributed by atoms with Gasteiger partial charge in [0.15, 0.2) is 0 Å². The summed E-state index contributed by atoms with van der Waals surface area (Å²) in [5.74, 6) is -0.390. The molecule has 1 aliphatic rings. The Morgan fingerprint density at radius 3 is 2.59 bits per heavy atom. The Bertz CT molecular complexity index is 816. The molecule has 0 aliphatic carbocycles. The molecule has 2 heterocycles. The first-order chi connectivity index (χ1) is 12.9. The molecule has 144 valence electrons. The zero-order valence-corrected chi connectivity index (χ0v) is 16.8. The van der Waals surface area contributed by atoms with E-state index in [1.165, 1.54) is 17.0 Å². The normalized spacial score (nSPS) is 16.3. The van der Waals surface area contributed by atoms with E-state index in [9.17, 15) is 14.0 Å². The lowest BCUT2D eigenvalue weighted by atomic mass is 9.93. The lowest BCUT2D eigenvalue weighted by molar-refractivity contribution is -0.143. The first kappa shape index (κ1) is 19.5. The van der Waals surface area contributed by atoms with Gasteiger partial charge in [-0.15, -0.1) is 11.3 Å². The van der Waals surface area contributed by atoms with Gasteiger partial charge in [0.05, 0.1) is 6.04 Å². The van der Waals surface area contributed by atoms with Crippen LogP contribution in [0.2, 0.25) is 0 Å². The Hall–Kier alpha value is -2.21. The number of hydrogen-bond acceptors (Lipinski definition) is 3. The average molecular weight is 389 g/mol. The third-order valence-electron chi connectivity index (χ3n) is 5.02. The molecule has 0 saturated heterocycles. The number of carbonyl (C=O) groups excluding carboxylic acids is 2. The molecule has 0 bridgehead atoms. The van der Waals surface area contributed by atoms with Crippen molar-refractivity contribution in [3.63, 3.8) is 0 Å². The number of hydrogen-bond donors (Lipinski definition) is 0. The minimum Gasteiger partial charge on any atom is -0.331 e. The Morgan fingerprint density at radius 2 is 1.96 bits per heavy atom. The summed E-state index contributed by atoms with van der Waals surface area (Å²) in [5, 5.41) is 2.04. The van der Waals surface area contributed by atoms with Crippen LogP contribution >= 0.6 is 11.3 Å². The summed E-state index contributed by atoms with van der Waals surface area (Å²) in [5.41, 5.74) is 1.99. The maximum absolute atomic E-state index is 13.4. The highest BCUT2D eigenvalue weighted by Crippen LogP contribution is 2.37. The maximum atomic E-state index is 13.4. The molecule has 0 saturated carbocycles. The molecule has 27 heavy (non-hydrogen) atoms. The fraction of sp³-hybridized carbons (Fsp3) is 0.429. The van der Waals surface area contributed by atoms with Crippen molar-refractivity contribution in [2.75, 3.05) is 13.1 Å². The van der Waals surface area contributed by atoms with Crippen molar-refractivity contribution in [3.05, 3.63) is 57.5 Å². The molecule has 0 radical (unpaired) electrons. The average Bonchev–Trinajstić information content (AvgIpc) is 3.13. The molecule has 0 unspecified atom stereocenters. The van der Waals surface area contributed by atoms with Crippen molar-refractivity contribution in [1.82, 2.24) is 9.80 Å². The van der Waals surface area contributed by atoms with Crippen molar-refractivity contribution in [2.24, 2.45) is 0 Å². The van der Waals surface area contributed by atoms with E-state index in [-0.39, 0.29) is 36.3 Å². The molecule has 2 amide bonds. The Kier molecular flexibility index (Phi) is 5.95. The van der Waals surface area contributed by atoms with Crippen LogP contribution in [0.5, 0.6) is 0 Å². The third kappa shape index (κ3) is 4.05. The number of amides is 2. The van der Waals surface area contributed by atoms with Crippen molar-refractivity contribution < 1.29 is 14.0 Å². The highest BCUT2D eigenvalue weighted by molar-refractivity contribution is 7.10. The predicted molar refractivity (Wildman–Crippen MR) is 105 cm³/mol. The second kappa shape index (κ2) is 8.21. The molecule has 6 heteroatoms. The molecule has 1 aliphatic heterocycles. The van der Waals surface area contributed by atoms with Crippen LogP contribution in [0.25, 0.3) is 0 Å². The van der Waals surface area contributed by atoms with E-state index in [2.05, 4.69) is 0 Å². The summed E-state index contributed by atoms with van der Waals surface area (Å²) in [6, 6.07) is 8.12. The van der Waals surface area contributed by atoms with E-state index in [0.717, 1.165) is 17.5 Å². The first-order valence-corrected chi connectivity index (χ1v) is 10.2. The standard InChI is InChI=1S/C21H25FN2O2S/c1-4-19(25)24(14(2)3)13-20(26)23-11-9-18-17(10-12-27-18)21(23)15-5-7-16(22)8-6-15/h5-8,10,12,14,21H,4,9,11,13H2,1-3H3/t21-/m1/s1. The summed E-state index contributed by atoms with van der Waals surface area (Å²) in [6.45, 7) is 6.32. The lowest BCUT2D eigenvalue weighted by Crippen LogP contribution is -2.48. The van der Waals surface area contributed by atoms with Gasteiger partial charge in [-0.1, -0.05) is 19.1 Å². The van der Waals surface area contributed by atoms with Gasteiger partial charge in [0.25, 0.3) is 0 Å². The smallest absolute Gasteiger partial charge is 0.243 e. The SMILES string of the molecule is CCC(=O)N(CC(=O)N1CCc2sccc2[C@H]1c1ccc(F)cc1)C(C)C. The minimum atomic E-state index is -0.294. The van der Waals surface area contributed by atoms with Gasteiger partial charge in [0.1, 0.15) is 12.4 Å². The minimum absolute atomic E-state index is 0.0232. The summed E-state index contributed by atoms with van der Waals surface area (Å²) in [6.07, 6.45) is 1.18. The number of carbonyl (C=O) groups is 2. The zero-order valence-electron chi connectivity index (χ0n) is 15.9. The highest BCUT2D eigenvalue weighted by Gasteiger charge is 2.34. The molecule has 0 spiro atoms. The van der Waals surface area contributed by atoms with Crippen LogP contribution in [0, 0.1) is 5.82 Å². The quantitative estimate of drug-likeness (QED) is 0.777. The van der Waals surface area contributed by atoms with Crippen LogP contribution in [-0.2, 0) is 16.0 Å². The Labute approximate surface area is 163 Å². The molecule has 1 atom stereocenters. The summed E-state index contributed by atoms with van der Waals surface area (Å²) < 4.78 is 13.4. The van der Waals surface area contributed by atoms with E-state index < -0.39 is 0 Å². The second-order valence-corrected chi connectivity index (χ2v) is 8.06. The van der Waals surface area contributed by atoms with Gasteiger partial charge in [-0.25, -0.2) is 4.39 Å². The van der Waals surface area contributed by atoms with E-state index in [0.29, 0.717) is 13.0 Å². The fourth-order valence-electron chi connectivity index (χ4n) is 3.59. The topological polar surface area (TPSA) is 40.6 Å². The number of halogens is 1. The Morgan fingerprint density at radius 1 is 1.26 bits per heavy atom. The molecular weight excluding hydrogens is 363 g/mol. The molecular formula is C21H25FN2O2S. The molecule has 0 fully saturated rings. The number of nitrogens with zero attached hydrogens (tertiary/aromatic N) is 2. The third-order valence-corrected chi connectivity index (χ3v) is 6.02. The second-order valence-electron chi connectivity index (χ2n) is 7.06. The van der Waals surface area contributed by atoms with E-state index in [4.69, 9.17) is 0 Å². The van der Waals surface area contributed by atoms with Crippen molar-refractivity contribution in [2.45, 2.75) is 45.7 Å². The number of thiophene rings is 1. The van der Waals surface area contributed by atoms with Gasteiger partial charge < -0.3 is 9.80 Å². The van der Waals surface area contributed by atoms with Gasteiger partial charge in [-0.05, 0) is 55.0 Å². The van der Waals surface area contributed by atoms with Crippen LogP contribution in [0.3, 0.4) is 0 Å². The zero-order chi connectivity index (χ0) is 19.6. The number of benzene rings is 1. The monoisotopic (exact) mass is 388 g/mol. The summed E-state index contributed by atoms with van der Waals surface area (Å²) in [7, 11) is 0. The van der Waals surface area contributed by atoms with Gasteiger partial charge in [0.2, 0.25) is 11.8 Å². The first-order valence-electron chi connectivity index (χ1n) is 9.33. The van der Waals surface area contributed by atoms with E-state index >= 15 is 0 Å². The Balaban J connectivity index is 1.91. The van der Waals surface area contributed by atoms with Gasteiger partial charge >= 0.3 is 0 Å². The van der Waals surface area contributed by atoms with Crippen molar-refractivity contribution in [3.8, 4) is 0 Å². The van der Waals surface area contributed by atoms with Crippen molar-refractivity contribution >= 4 is 23.2 Å². The van der Waals surface area contributed by atoms with E-state index in [1.54, 1.807) is 28.4 Å². The molecule has 3 rings (SSSR count). The van der Waals surface area contributed by atoms with Gasteiger partial charge in [0, 0.05) is 23.9 Å². The van der Waals surface area contributed by atoms with E-state index in [1.807, 2.05) is 37.1 Å². The largest absolute Gasteiger partial charge is 0.331 e. The molecule has 1 aromatic carbocycles. The van der Waals surface area contributed by atoms with Crippen LogP contribution < -0.4 is 0 Å². The molecule has 2 aromatic rings. The number of fused-ring (bicyclic) bond motifs is 1. The molecule has 4 nitrogen and oxygen atoms in total.